The third-order valence-electron chi connectivity index (χ3n) is 4.94. The SMILES string of the molecule is O=c1oc2ccccc2c2c1C(c1ccc(Cl)cc1)c1c(O)ccc(O)c1O2. The van der Waals surface area contributed by atoms with E-state index in [4.69, 9.17) is 20.8 Å². The predicted octanol–water partition coefficient (Wildman–Crippen LogP) is 5.14. The first kappa shape index (κ1) is 16.7. The van der Waals surface area contributed by atoms with Gasteiger partial charge in [-0.1, -0.05) is 35.9 Å². The average molecular weight is 393 g/mol. The molecule has 1 unspecified atom stereocenters. The topological polar surface area (TPSA) is 79.9 Å². The highest BCUT2D eigenvalue weighted by molar-refractivity contribution is 6.30. The molecule has 138 valence electrons. The lowest BCUT2D eigenvalue weighted by atomic mass is 9.82. The molecule has 2 heterocycles. The Morgan fingerprint density at radius 1 is 0.821 bits per heavy atom. The molecule has 5 rings (SSSR count). The van der Waals surface area contributed by atoms with E-state index in [1.54, 1.807) is 48.5 Å². The van der Waals surface area contributed by atoms with E-state index < -0.39 is 11.5 Å². The number of para-hydroxylation sites is 1. The van der Waals surface area contributed by atoms with Crippen LogP contribution in [0, 0.1) is 0 Å². The summed E-state index contributed by atoms with van der Waals surface area (Å²) in [6.45, 7) is 0. The van der Waals surface area contributed by atoms with Crippen molar-refractivity contribution in [1.82, 2.24) is 0 Å². The molecule has 0 saturated carbocycles. The molecule has 2 N–H and O–H groups in total. The minimum absolute atomic E-state index is 0.0917. The first-order chi connectivity index (χ1) is 13.5. The average Bonchev–Trinajstić information content (AvgIpc) is 2.70. The van der Waals surface area contributed by atoms with Gasteiger partial charge in [0.05, 0.1) is 22.4 Å². The van der Waals surface area contributed by atoms with Crippen molar-refractivity contribution < 1.29 is 19.4 Å². The van der Waals surface area contributed by atoms with E-state index in [-0.39, 0.29) is 22.8 Å². The first-order valence-electron chi connectivity index (χ1n) is 8.58. The number of phenolic OH excluding ortho intramolecular Hbond substituents is 2. The van der Waals surface area contributed by atoms with Gasteiger partial charge in [0.25, 0.3) is 0 Å². The number of halogens is 1. The Labute approximate surface area is 164 Å². The highest BCUT2D eigenvalue weighted by Gasteiger charge is 2.37. The molecule has 5 nitrogen and oxygen atoms in total. The maximum Gasteiger partial charge on any atom is 0.344 e. The van der Waals surface area contributed by atoms with Gasteiger partial charge in [-0.2, -0.15) is 0 Å². The maximum absolute atomic E-state index is 12.9. The molecule has 0 saturated heterocycles. The van der Waals surface area contributed by atoms with Crippen LogP contribution < -0.4 is 10.4 Å². The Morgan fingerprint density at radius 2 is 1.54 bits per heavy atom. The molecule has 1 aliphatic heterocycles. The highest BCUT2D eigenvalue weighted by Crippen LogP contribution is 2.54. The molecule has 1 atom stereocenters. The van der Waals surface area contributed by atoms with Crippen LogP contribution in [0.4, 0.5) is 0 Å². The van der Waals surface area contributed by atoms with Crippen LogP contribution in [0.15, 0.2) is 69.9 Å². The van der Waals surface area contributed by atoms with Gasteiger partial charge in [0.15, 0.2) is 11.5 Å². The molecule has 0 amide bonds. The largest absolute Gasteiger partial charge is 0.507 e. The van der Waals surface area contributed by atoms with Crippen LogP contribution in [0.5, 0.6) is 23.0 Å². The number of aromatic hydroxyl groups is 2. The molecule has 3 aromatic carbocycles. The van der Waals surface area contributed by atoms with Crippen molar-refractivity contribution in [3.05, 3.63) is 92.8 Å². The summed E-state index contributed by atoms with van der Waals surface area (Å²) in [5, 5.41) is 22.1. The number of ether oxygens (including phenoxy) is 1. The van der Waals surface area contributed by atoms with Gasteiger partial charge in [0.1, 0.15) is 17.1 Å². The molecular weight excluding hydrogens is 380 g/mol. The van der Waals surface area contributed by atoms with E-state index in [2.05, 4.69) is 0 Å². The van der Waals surface area contributed by atoms with Crippen LogP contribution in [0.1, 0.15) is 22.6 Å². The molecule has 0 aliphatic carbocycles. The van der Waals surface area contributed by atoms with E-state index in [9.17, 15) is 15.0 Å². The third kappa shape index (κ3) is 2.37. The van der Waals surface area contributed by atoms with Crippen molar-refractivity contribution in [1.29, 1.82) is 0 Å². The molecular formula is C22H13ClO5. The van der Waals surface area contributed by atoms with E-state index in [0.29, 0.717) is 32.9 Å². The van der Waals surface area contributed by atoms with Gasteiger partial charge in [-0.05, 0) is 42.0 Å². The molecule has 28 heavy (non-hydrogen) atoms. The van der Waals surface area contributed by atoms with Crippen LogP contribution in [-0.2, 0) is 0 Å². The Balaban J connectivity index is 1.91. The molecule has 1 aliphatic rings. The fourth-order valence-corrected chi connectivity index (χ4v) is 3.82. The number of phenols is 2. The summed E-state index contributed by atoms with van der Waals surface area (Å²) in [6, 6.07) is 16.7. The van der Waals surface area contributed by atoms with Crippen LogP contribution in [0.25, 0.3) is 11.0 Å². The fourth-order valence-electron chi connectivity index (χ4n) is 3.69. The van der Waals surface area contributed by atoms with Gasteiger partial charge < -0.3 is 19.4 Å². The van der Waals surface area contributed by atoms with E-state index in [1.807, 2.05) is 0 Å². The predicted molar refractivity (Wildman–Crippen MR) is 105 cm³/mol. The van der Waals surface area contributed by atoms with Crippen LogP contribution in [0.3, 0.4) is 0 Å². The minimum atomic E-state index is -0.691. The second-order valence-corrected chi connectivity index (χ2v) is 7.00. The minimum Gasteiger partial charge on any atom is -0.507 e. The second-order valence-electron chi connectivity index (χ2n) is 6.56. The summed E-state index contributed by atoms with van der Waals surface area (Å²) >= 11 is 6.02. The molecule has 6 heteroatoms. The van der Waals surface area contributed by atoms with Crippen molar-refractivity contribution >= 4 is 22.6 Å². The normalized spacial score (nSPS) is 15.0. The first-order valence-corrected chi connectivity index (χ1v) is 8.96. The molecule has 4 aromatic rings. The van der Waals surface area contributed by atoms with E-state index in [0.717, 1.165) is 0 Å². The Bertz CT molecular complexity index is 1290. The smallest absolute Gasteiger partial charge is 0.344 e. The van der Waals surface area contributed by atoms with E-state index >= 15 is 0 Å². The molecule has 1 aromatic heterocycles. The van der Waals surface area contributed by atoms with Crippen molar-refractivity contribution in [3.8, 4) is 23.0 Å². The quantitative estimate of drug-likeness (QED) is 0.305. The summed E-state index contributed by atoms with van der Waals surface area (Å²) in [5.41, 5.74) is 1.08. The zero-order valence-electron chi connectivity index (χ0n) is 14.3. The van der Waals surface area contributed by atoms with Crippen molar-refractivity contribution in [2.24, 2.45) is 0 Å². The Morgan fingerprint density at radius 3 is 2.32 bits per heavy atom. The van der Waals surface area contributed by atoms with Crippen molar-refractivity contribution in [3.63, 3.8) is 0 Å². The van der Waals surface area contributed by atoms with Crippen molar-refractivity contribution in [2.45, 2.75) is 5.92 Å². The summed E-state index contributed by atoms with van der Waals surface area (Å²) in [5.74, 6) is -0.493. The third-order valence-corrected chi connectivity index (χ3v) is 5.19. The monoisotopic (exact) mass is 392 g/mol. The lowest BCUT2D eigenvalue weighted by Gasteiger charge is -2.29. The lowest BCUT2D eigenvalue weighted by molar-refractivity contribution is 0.380. The Hall–Kier alpha value is -3.44. The summed E-state index contributed by atoms with van der Waals surface area (Å²) < 4.78 is 11.5. The molecule has 0 fully saturated rings. The Kier molecular flexibility index (Phi) is 3.60. The van der Waals surface area contributed by atoms with Crippen LogP contribution in [0.2, 0.25) is 5.02 Å². The van der Waals surface area contributed by atoms with Crippen LogP contribution in [-0.4, -0.2) is 10.2 Å². The van der Waals surface area contributed by atoms with E-state index in [1.165, 1.54) is 12.1 Å². The van der Waals surface area contributed by atoms with Gasteiger partial charge in [0, 0.05) is 5.02 Å². The van der Waals surface area contributed by atoms with Gasteiger partial charge in [-0.3, -0.25) is 0 Å². The van der Waals surface area contributed by atoms with Gasteiger partial charge in [-0.15, -0.1) is 0 Å². The molecule has 0 radical (unpaired) electrons. The summed E-state index contributed by atoms with van der Waals surface area (Å²) in [7, 11) is 0. The molecule has 0 bridgehead atoms. The number of hydrogen-bond donors (Lipinski definition) is 2. The maximum atomic E-state index is 12.9. The van der Waals surface area contributed by atoms with Crippen LogP contribution >= 0.6 is 11.6 Å². The lowest BCUT2D eigenvalue weighted by Crippen LogP contribution is -2.20. The number of benzene rings is 3. The van der Waals surface area contributed by atoms with Gasteiger partial charge in [0.2, 0.25) is 0 Å². The number of hydrogen-bond acceptors (Lipinski definition) is 5. The van der Waals surface area contributed by atoms with Gasteiger partial charge >= 0.3 is 5.63 Å². The summed E-state index contributed by atoms with van der Waals surface area (Å²) in [6.07, 6.45) is 0. The van der Waals surface area contributed by atoms with Crippen molar-refractivity contribution in [2.75, 3.05) is 0 Å². The zero-order chi connectivity index (χ0) is 19.4. The molecule has 0 spiro atoms. The fraction of sp³-hybridized carbons (Fsp3) is 0.0455. The highest BCUT2D eigenvalue weighted by atomic mass is 35.5. The number of rotatable bonds is 1. The standard InChI is InChI=1S/C22H13ClO5/c23-12-7-5-11(6-8-12)17-18-14(24)9-10-15(25)21(18)28-20-13-3-1-2-4-16(13)27-22(26)19(17)20/h1-10,17,24-25H. The zero-order valence-corrected chi connectivity index (χ0v) is 15.1. The van der Waals surface area contributed by atoms with Gasteiger partial charge in [-0.25, -0.2) is 4.79 Å². The summed E-state index contributed by atoms with van der Waals surface area (Å²) in [4.78, 5) is 12.9. The second kappa shape index (κ2) is 6.04. The number of fused-ring (bicyclic) bond motifs is 4.